The van der Waals surface area contributed by atoms with Crippen molar-refractivity contribution >= 4 is 49.2 Å². The van der Waals surface area contributed by atoms with Gasteiger partial charge in [0.1, 0.15) is 5.82 Å². The van der Waals surface area contributed by atoms with Crippen LogP contribution in [-0.2, 0) is 11.3 Å². The molecule has 106 valence electrons. The zero-order chi connectivity index (χ0) is 15.1. The first-order valence-corrected chi connectivity index (χ1v) is 7.67. The molecule has 0 spiro atoms. The minimum absolute atomic E-state index is 0.124. The first-order valence-electron chi connectivity index (χ1n) is 6.08. The van der Waals surface area contributed by atoms with Crippen molar-refractivity contribution in [1.29, 1.82) is 0 Å². The van der Waals surface area contributed by atoms with Gasteiger partial charge < -0.3 is 0 Å². The molecule has 0 atom stereocenters. The van der Waals surface area contributed by atoms with E-state index in [4.69, 9.17) is 0 Å². The van der Waals surface area contributed by atoms with Crippen molar-refractivity contribution in [2.75, 3.05) is 4.90 Å². The molecule has 2 aromatic rings. The fraction of sp³-hybridized carbons (Fsp3) is 0.0667. The van der Waals surface area contributed by atoms with Crippen LogP contribution < -0.4 is 4.90 Å². The van der Waals surface area contributed by atoms with Gasteiger partial charge >= 0.3 is 0 Å². The summed E-state index contributed by atoms with van der Waals surface area (Å²) in [5, 5.41) is 0. The summed E-state index contributed by atoms with van der Waals surface area (Å²) in [6, 6.07) is 9.68. The highest BCUT2D eigenvalue weighted by atomic mass is 79.9. The molecule has 0 N–H and O–H groups in total. The van der Waals surface area contributed by atoms with Crippen molar-refractivity contribution < 1.29 is 14.0 Å². The van der Waals surface area contributed by atoms with Crippen molar-refractivity contribution in [3.63, 3.8) is 0 Å². The lowest BCUT2D eigenvalue weighted by Crippen LogP contribution is -2.29. The summed E-state index contributed by atoms with van der Waals surface area (Å²) < 4.78 is 14.5. The fourth-order valence-electron chi connectivity index (χ4n) is 2.30. The number of carbonyl (C=O) groups is 2. The van der Waals surface area contributed by atoms with E-state index in [1.54, 1.807) is 30.3 Å². The zero-order valence-corrected chi connectivity index (χ0v) is 13.7. The van der Waals surface area contributed by atoms with Gasteiger partial charge in [-0.2, -0.15) is 0 Å². The zero-order valence-electron chi connectivity index (χ0n) is 10.6. The van der Waals surface area contributed by atoms with Gasteiger partial charge in [-0.25, -0.2) is 4.39 Å². The molecule has 0 fully saturated rings. The van der Waals surface area contributed by atoms with Gasteiger partial charge in [0, 0.05) is 4.47 Å². The van der Waals surface area contributed by atoms with Gasteiger partial charge in [0.25, 0.3) is 11.7 Å². The van der Waals surface area contributed by atoms with E-state index in [9.17, 15) is 14.0 Å². The molecule has 6 heteroatoms. The number of para-hydroxylation sites is 1. The summed E-state index contributed by atoms with van der Waals surface area (Å²) in [5.74, 6) is -1.55. The Balaban J connectivity index is 2.07. The Morgan fingerprint density at radius 3 is 2.52 bits per heavy atom. The quantitative estimate of drug-likeness (QED) is 0.697. The van der Waals surface area contributed by atoms with Gasteiger partial charge in [0.2, 0.25) is 0 Å². The highest BCUT2D eigenvalue weighted by Gasteiger charge is 2.37. The first kappa shape index (κ1) is 14.4. The molecule has 0 aromatic heterocycles. The molecule has 1 amide bonds. The van der Waals surface area contributed by atoms with Gasteiger partial charge in [0.15, 0.2) is 0 Å². The van der Waals surface area contributed by atoms with E-state index in [0.717, 1.165) is 0 Å². The molecule has 0 saturated heterocycles. The summed E-state index contributed by atoms with van der Waals surface area (Å²) >= 11 is 6.53. The minimum Gasteiger partial charge on any atom is -0.299 e. The molecule has 0 aliphatic carbocycles. The molecule has 0 radical (unpaired) electrons. The van der Waals surface area contributed by atoms with Gasteiger partial charge in [-0.15, -0.1) is 0 Å². The Morgan fingerprint density at radius 1 is 1.05 bits per heavy atom. The highest BCUT2D eigenvalue weighted by Crippen LogP contribution is 2.37. The molecule has 1 aliphatic heterocycles. The van der Waals surface area contributed by atoms with Crippen LogP contribution in [0, 0.1) is 5.82 Å². The Morgan fingerprint density at radius 2 is 1.76 bits per heavy atom. The number of ketones is 1. The third kappa shape index (κ3) is 2.32. The van der Waals surface area contributed by atoms with Crippen molar-refractivity contribution in [3.05, 3.63) is 62.3 Å². The number of hydrogen-bond donors (Lipinski definition) is 0. The number of carbonyl (C=O) groups excluding carboxylic acids is 2. The summed E-state index contributed by atoms with van der Waals surface area (Å²) in [4.78, 5) is 25.5. The number of halogens is 3. The normalized spacial score (nSPS) is 13.8. The molecule has 1 heterocycles. The van der Waals surface area contributed by atoms with E-state index in [1.165, 1.54) is 11.0 Å². The maximum Gasteiger partial charge on any atom is 0.299 e. The Labute approximate surface area is 137 Å². The van der Waals surface area contributed by atoms with Crippen LogP contribution in [0.4, 0.5) is 10.1 Å². The van der Waals surface area contributed by atoms with E-state index in [2.05, 4.69) is 31.9 Å². The second-order valence-corrected chi connectivity index (χ2v) is 6.22. The summed E-state index contributed by atoms with van der Waals surface area (Å²) in [6.45, 7) is 0.124. The molecule has 0 bridgehead atoms. The van der Waals surface area contributed by atoms with Crippen molar-refractivity contribution in [2.45, 2.75) is 6.54 Å². The van der Waals surface area contributed by atoms with Crippen LogP contribution in [0.3, 0.4) is 0 Å². The molecule has 2 aromatic carbocycles. The number of Topliss-reactive ketones (excluding diaryl/α,β-unsaturated/α-hetero) is 1. The lowest BCUT2D eigenvalue weighted by molar-refractivity contribution is -0.114. The Bertz CT molecular complexity index is 776. The van der Waals surface area contributed by atoms with E-state index in [-0.39, 0.29) is 6.54 Å². The smallest absolute Gasteiger partial charge is 0.299 e. The van der Waals surface area contributed by atoms with Gasteiger partial charge in [-0.3, -0.25) is 14.5 Å². The summed E-state index contributed by atoms with van der Waals surface area (Å²) in [5.41, 5.74) is 1.49. The Kier molecular flexibility index (Phi) is 3.67. The molecular formula is C15H8Br2FNO2. The number of nitrogens with zero attached hydrogens (tertiary/aromatic N) is 1. The van der Waals surface area contributed by atoms with Crippen molar-refractivity contribution in [1.82, 2.24) is 0 Å². The molecule has 0 unspecified atom stereocenters. The maximum atomic E-state index is 13.6. The maximum absolute atomic E-state index is 13.6. The molecule has 1 aliphatic rings. The van der Waals surface area contributed by atoms with E-state index < -0.39 is 17.5 Å². The van der Waals surface area contributed by atoms with Gasteiger partial charge in [-0.05, 0) is 55.6 Å². The first-order chi connectivity index (χ1) is 10.0. The second-order valence-electron chi connectivity index (χ2n) is 4.57. The van der Waals surface area contributed by atoms with Crippen LogP contribution in [0.1, 0.15) is 15.9 Å². The predicted octanol–water partition coefficient (Wildman–Crippen LogP) is 4.08. The van der Waals surface area contributed by atoms with Crippen LogP contribution in [0.25, 0.3) is 0 Å². The number of fused-ring (bicyclic) bond motifs is 1. The van der Waals surface area contributed by atoms with Crippen molar-refractivity contribution in [2.24, 2.45) is 0 Å². The van der Waals surface area contributed by atoms with Crippen molar-refractivity contribution in [3.8, 4) is 0 Å². The lowest BCUT2D eigenvalue weighted by Gasteiger charge is -2.18. The number of hydrogen-bond acceptors (Lipinski definition) is 2. The van der Waals surface area contributed by atoms with Gasteiger partial charge in [-0.1, -0.05) is 18.2 Å². The molecule has 0 saturated carbocycles. The number of anilines is 1. The number of benzene rings is 2. The van der Waals surface area contributed by atoms with Crippen LogP contribution in [0.2, 0.25) is 0 Å². The molecular weight excluding hydrogens is 405 g/mol. The van der Waals surface area contributed by atoms with E-state index >= 15 is 0 Å². The third-order valence-corrected chi connectivity index (χ3v) is 4.83. The standard InChI is InChI=1S/C15H8Br2FNO2/c16-10-5-2-4-9-13(10)19(15(21)14(9)20)7-8-3-1-6-11(18)12(8)17/h1-6H,7H2. The van der Waals surface area contributed by atoms with Crippen LogP contribution in [-0.4, -0.2) is 11.7 Å². The van der Waals surface area contributed by atoms with E-state index in [0.29, 0.717) is 25.8 Å². The average molecular weight is 413 g/mol. The summed E-state index contributed by atoms with van der Waals surface area (Å²) in [6.07, 6.45) is 0. The van der Waals surface area contributed by atoms with Crippen LogP contribution in [0.15, 0.2) is 45.3 Å². The van der Waals surface area contributed by atoms with E-state index in [1.807, 2.05) is 0 Å². The van der Waals surface area contributed by atoms with Gasteiger partial charge in [0.05, 0.1) is 22.3 Å². The summed E-state index contributed by atoms with van der Waals surface area (Å²) in [7, 11) is 0. The SMILES string of the molecule is O=C1C(=O)N(Cc2cccc(F)c2Br)c2c(Br)cccc21. The van der Waals surface area contributed by atoms with Crippen LogP contribution in [0.5, 0.6) is 0 Å². The number of amides is 1. The monoisotopic (exact) mass is 411 g/mol. The van der Waals surface area contributed by atoms with Crippen LogP contribution >= 0.6 is 31.9 Å². The number of rotatable bonds is 2. The molecule has 3 nitrogen and oxygen atoms in total. The largest absolute Gasteiger partial charge is 0.299 e. The predicted molar refractivity (Wildman–Crippen MR) is 83.8 cm³/mol. The third-order valence-electron chi connectivity index (χ3n) is 3.30. The minimum atomic E-state index is -0.604. The Hall–Kier alpha value is -1.53. The molecule has 21 heavy (non-hydrogen) atoms. The second kappa shape index (κ2) is 5.35. The fourth-order valence-corrected chi connectivity index (χ4v) is 3.27. The lowest BCUT2D eigenvalue weighted by atomic mass is 10.1. The topological polar surface area (TPSA) is 37.4 Å². The molecule has 3 rings (SSSR count). The highest BCUT2D eigenvalue weighted by molar-refractivity contribution is 9.11. The average Bonchev–Trinajstić information content (AvgIpc) is 2.70.